The SMILES string of the molecule is CN1C(=O)N(c2ccccc2Br)Cc2cnc(Nc3ccc4c(c3)OCCS4)nc21. The highest BCUT2D eigenvalue weighted by atomic mass is 79.9. The number of halogens is 1. The zero-order chi connectivity index (χ0) is 20.7. The van der Waals surface area contributed by atoms with Crippen molar-refractivity contribution in [2.75, 3.05) is 34.5 Å². The standard InChI is InChI=1S/C21H18BrN5O2S/c1-26-19-13(12-27(21(26)28)16-5-3-2-4-15(16)22)11-23-20(25-19)24-14-6-7-18-17(10-14)29-8-9-30-18/h2-7,10-11H,8-9,12H2,1H3,(H,23,24,25). The summed E-state index contributed by atoms with van der Waals surface area (Å²) in [6.45, 7) is 1.11. The lowest BCUT2D eigenvalue weighted by molar-refractivity contribution is 0.251. The first-order chi connectivity index (χ1) is 14.6. The van der Waals surface area contributed by atoms with E-state index in [1.165, 1.54) is 0 Å². The second kappa shape index (κ2) is 7.81. The number of aromatic nitrogens is 2. The Morgan fingerprint density at radius 1 is 1.23 bits per heavy atom. The molecule has 0 fully saturated rings. The van der Waals surface area contributed by atoms with Crippen molar-refractivity contribution in [1.82, 2.24) is 9.97 Å². The van der Waals surface area contributed by atoms with Crippen molar-refractivity contribution in [3.8, 4) is 5.75 Å². The quantitative estimate of drug-likeness (QED) is 0.562. The van der Waals surface area contributed by atoms with Gasteiger partial charge in [-0.2, -0.15) is 4.98 Å². The first kappa shape index (κ1) is 19.2. The Morgan fingerprint density at radius 2 is 2.10 bits per heavy atom. The molecule has 2 amide bonds. The first-order valence-corrected chi connectivity index (χ1v) is 11.2. The summed E-state index contributed by atoms with van der Waals surface area (Å²) in [6.07, 6.45) is 1.77. The maximum absolute atomic E-state index is 13.0. The average Bonchev–Trinajstić information content (AvgIpc) is 2.77. The van der Waals surface area contributed by atoms with E-state index in [0.717, 1.165) is 37.8 Å². The van der Waals surface area contributed by atoms with Gasteiger partial charge in [-0.3, -0.25) is 9.80 Å². The number of hydrogen-bond donors (Lipinski definition) is 1. The summed E-state index contributed by atoms with van der Waals surface area (Å²) in [5.41, 5.74) is 2.54. The summed E-state index contributed by atoms with van der Waals surface area (Å²) < 4.78 is 6.59. The minimum atomic E-state index is -0.141. The van der Waals surface area contributed by atoms with Crippen LogP contribution >= 0.6 is 27.7 Å². The number of amides is 2. The predicted octanol–water partition coefficient (Wildman–Crippen LogP) is 5.04. The number of fused-ring (bicyclic) bond motifs is 2. The van der Waals surface area contributed by atoms with Crippen LogP contribution in [0.1, 0.15) is 5.56 Å². The van der Waals surface area contributed by atoms with E-state index in [-0.39, 0.29) is 6.03 Å². The number of thioether (sulfide) groups is 1. The number of rotatable bonds is 3. The summed E-state index contributed by atoms with van der Waals surface area (Å²) >= 11 is 5.31. The number of carbonyl (C=O) groups excluding carboxylic acids is 1. The van der Waals surface area contributed by atoms with Gasteiger partial charge in [0, 0.05) is 45.7 Å². The van der Waals surface area contributed by atoms with E-state index >= 15 is 0 Å². The molecule has 152 valence electrons. The fourth-order valence-corrected chi connectivity index (χ4v) is 4.79. The third kappa shape index (κ3) is 3.48. The van der Waals surface area contributed by atoms with Crippen LogP contribution in [0.25, 0.3) is 0 Å². The maximum Gasteiger partial charge on any atom is 0.330 e. The number of carbonyl (C=O) groups is 1. The highest BCUT2D eigenvalue weighted by Crippen LogP contribution is 2.36. The normalized spacial score (nSPS) is 15.3. The van der Waals surface area contributed by atoms with E-state index in [1.807, 2.05) is 42.5 Å². The second-order valence-corrected chi connectivity index (χ2v) is 8.90. The van der Waals surface area contributed by atoms with Gasteiger partial charge in [0.05, 0.1) is 18.8 Å². The molecule has 0 radical (unpaired) electrons. The van der Waals surface area contributed by atoms with E-state index < -0.39 is 0 Å². The fourth-order valence-electron chi connectivity index (χ4n) is 3.48. The highest BCUT2D eigenvalue weighted by molar-refractivity contribution is 9.10. The smallest absolute Gasteiger partial charge is 0.330 e. The van der Waals surface area contributed by atoms with Gasteiger partial charge in [-0.05, 0) is 40.2 Å². The van der Waals surface area contributed by atoms with Crippen LogP contribution in [0.3, 0.4) is 0 Å². The molecule has 0 saturated carbocycles. The minimum Gasteiger partial charge on any atom is -0.491 e. The molecule has 7 nitrogen and oxygen atoms in total. The second-order valence-electron chi connectivity index (χ2n) is 6.91. The lowest BCUT2D eigenvalue weighted by atomic mass is 10.2. The Hall–Kier alpha value is -2.78. The third-order valence-corrected chi connectivity index (χ3v) is 6.64. The van der Waals surface area contributed by atoms with E-state index in [9.17, 15) is 4.79 Å². The molecule has 0 aliphatic carbocycles. The van der Waals surface area contributed by atoms with E-state index in [0.29, 0.717) is 24.9 Å². The van der Waals surface area contributed by atoms with Crippen molar-refractivity contribution in [2.24, 2.45) is 0 Å². The molecule has 3 aromatic rings. The van der Waals surface area contributed by atoms with Gasteiger partial charge in [0.25, 0.3) is 0 Å². The number of urea groups is 1. The summed E-state index contributed by atoms with van der Waals surface area (Å²) in [5, 5.41) is 3.22. The molecular formula is C21H18BrN5O2S. The van der Waals surface area contributed by atoms with Gasteiger partial charge in [-0.15, -0.1) is 11.8 Å². The van der Waals surface area contributed by atoms with Crippen LogP contribution in [0.2, 0.25) is 0 Å². The largest absolute Gasteiger partial charge is 0.491 e. The van der Waals surface area contributed by atoms with Gasteiger partial charge < -0.3 is 10.1 Å². The summed E-state index contributed by atoms with van der Waals surface area (Å²) in [4.78, 5) is 26.5. The van der Waals surface area contributed by atoms with Crippen LogP contribution in [-0.4, -0.2) is 35.4 Å². The topological polar surface area (TPSA) is 70.6 Å². The van der Waals surface area contributed by atoms with Gasteiger partial charge in [0.1, 0.15) is 11.6 Å². The van der Waals surface area contributed by atoms with Crippen LogP contribution in [-0.2, 0) is 6.54 Å². The average molecular weight is 484 g/mol. The van der Waals surface area contributed by atoms with Gasteiger partial charge >= 0.3 is 6.03 Å². The van der Waals surface area contributed by atoms with Gasteiger partial charge in [-0.1, -0.05) is 12.1 Å². The zero-order valence-corrected chi connectivity index (χ0v) is 18.5. The molecule has 0 spiro atoms. The molecule has 2 aromatic carbocycles. The number of anilines is 4. The molecule has 1 aromatic heterocycles. The van der Waals surface area contributed by atoms with Gasteiger partial charge in [0.15, 0.2) is 0 Å². The summed E-state index contributed by atoms with van der Waals surface area (Å²) in [7, 11) is 1.73. The molecule has 0 saturated heterocycles. The lowest BCUT2D eigenvalue weighted by Crippen LogP contribution is -2.46. The molecule has 1 N–H and O–H groups in total. The monoisotopic (exact) mass is 483 g/mol. The minimum absolute atomic E-state index is 0.141. The Morgan fingerprint density at radius 3 is 2.97 bits per heavy atom. The number of hydrogen-bond acceptors (Lipinski definition) is 6. The van der Waals surface area contributed by atoms with Crippen molar-refractivity contribution in [3.63, 3.8) is 0 Å². The first-order valence-electron chi connectivity index (χ1n) is 9.42. The van der Waals surface area contributed by atoms with Crippen molar-refractivity contribution in [2.45, 2.75) is 11.4 Å². The Balaban J connectivity index is 1.42. The van der Waals surface area contributed by atoms with Crippen molar-refractivity contribution in [3.05, 3.63) is 58.7 Å². The number of ether oxygens (including phenoxy) is 1. The predicted molar refractivity (Wildman–Crippen MR) is 122 cm³/mol. The Kier molecular flexibility index (Phi) is 5.00. The number of nitrogens with one attached hydrogen (secondary N) is 1. The lowest BCUT2D eigenvalue weighted by Gasteiger charge is -2.34. The molecule has 0 atom stereocenters. The molecular weight excluding hydrogens is 466 g/mol. The van der Waals surface area contributed by atoms with Crippen LogP contribution in [0, 0.1) is 0 Å². The van der Waals surface area contributed by atoms with Crippen LogP contribution < -0.4 is 19.9 Å². The Labute approximate surface area is 186 Å². The third-order valence-electron chi connectivity index (χ3n) is 4.95. The van der Waals surface area contributed by atoms with E-state index in [4.69, 9.17) is 4.74 Å². The maximum atomic E-state index is 13.0. The molecule has 30 heavy (non-hydrogen) atoms. The van der Waals surface area contributed by atoms with Crippen LogP contribution in [0.5, 0.6) is 5.75 Å². The molecule has 0 bridgehead atoms. The number of nitrogens with zero attached hydrogens (tertiary/aromatic N) is 4. The molecule has 5 rings (SSSR count). The van der Waals surface area contributed by atoms with Crippen LogP contribution in [0.15, 0.2) is 58.0 Å². The van der Waals surface area contributed by atoms with Crippen molar-refractivity contribution < 1.29 is 9.53 Å². The fraction of sp³-hybridized carbons (Fsp3) is 0.190. The van der Waals surface area contributed by atoms with E-state index in [2.05, 4.69) is 31.2 Å². The molecule has 3 heterocycles. The molecule has 2 aliphatic rings. The molecule has 9 heteroatoms. The Bertz CT molecular complexity index is 1140. The molecule has 0 unspecified atom stereocenters. The van der Waals surface area contributed by atoms with Gasteiger partial charge in [0.2, 0.25) is 5.95 Å². The van der Waals surface area contributed by atoms with E-state index in [1.54, 1.807) is 34.8 Å². The summed E-state index contributed by atoms with van der Waals surface area (Å²) in [6, 6.07) is 13.5. The highest BCUT2D eigenvalue weighted by Gasteiger charge is 2.31. The number of benzene rings is 2. The van der Waals surface area contributed by atoms with Crippen LogP contribution in [0.4, 0.5) is 27.9 Å². The molecule has 2 aliphatic heterocycles. The van der Waals surface area contributed by atoms with Crippen molar-refractivity contribution in [1.29, 1.82) is 0 Å². The van der Waals surface area contributed by atoms with Gasteiger partial charge in [-0.25, -0.2) is 9.78 Å². The zero-order valence-electron chi connectivity index (χ0n) is 16.1. The summed E-state index contributed by atoms with van der Waals surface area (Å²) in [5.74, 6) is 2.87. The van der Waals surface area contributed by atoms with Crippen molar-refractivity contribution >= 4 is 56.9 Å². The number of para-hydroxylation sites is 1.